The number of aliphatic hydroxyl groups excluding tert-OH is 3. The Kier molecular flexibility index (Phi) is 5.90. The first-order valence-corrected chi connectivity index (χ1v) is 8.43. The van der Waals surface area contributed by atoms with E-state index >= 15 is 0 Å². The first-order chi connectivity index (χ1) is 12.6. The highest BCUT2D eigenvalue weighted by Gasteiger charge is 2.32. The summed E-state index contributed by atoms with van der Waals surface area (Å²) in [6, 6.07) is 14.5. The zero-order valence-corrected chi connectivity index (χ0v) is 14.4. The molecule has 0 saturated carbocycles. The van der Waals surface area contributed by atoms with Gasteiger partial charge in [0.05, 0.1) is 13.2 Å². The normalized spacial score (nSPS) is 25.1. The highest BCUT2D eigenvalue weighted by Crippen LogP contribution is 2.24. The van der Waals surface area contributed by atoms with E-state index in [-0.39, 0.29) is 0 Å². The van der Waals surface area contributed by atoms with E-state index < -0.39 is 24.4 Å². The molecule has 0 heterocycles. The number of rotatable bonds is 6. The lowest BCUT2D eigenvalue weighted by atomic mass is 9.94. The lowest BCUT2D eigenvalue weighted by Crippen LogP contribution is -2.51. The molecule has 0 bridgehead atoms. The van der Waals surface area contributed by atoms with Gasteiger partial charge in [-0.2, -0.15) is 0 Å². The molecule has 4 N–H and O–H groups in total. The van der Waals surface area contributed by atoms with Crippen LogP contribution in [0.25, 0.3) is 0 Å². The van der Waals surface area contributed by atoms with Gasteiger partial charge in [0.25, 0.3) is 0 Å². The fourth-order valence-corrected chi connectivity index (χ4v) is 2.76. The van der Waals surface area contributed by atoms with Gasteiger partial charge >= 0.3 is 0 Å². The second kappa shape index (κ2) is 8.33. The van der Waals surface area contributed by atoms with E-state index in [0.717, 1.165) is 22.8 Å². The minimum atomic E-state index is -1.18. The standard InChI is InChI=1S/C20H23NO5/c1-25-14-6-8-16(9-7-14)26-15-4-2-13(3-5-15)12-21-17-10-11-18(22)20(24)19(17)23/h2-11,17-24H,12H2,1H3/t17-,18-,19+,20+/m1/s1. The molecular weight excluding hydrogens is 334 g/mol. The topological polar surface area (TPSA) is 91.2 Å². The molecule has 2 aromatic carbocycles. The average Bonchev–Trinajstić information content (AvgIpc) is 2.67. The fraction of sp³-hybridized carbons (Fsp3) is 0.300. The van der Waals surface area contributed by atoms with Crippen molar-refractivity contribution < 1.29 is 24.8 Å². The van der Waals surface area contributed by atoms with E-state index in [2.05, 4.69) is 5.32 Å². The summed E-state index contributed by atoms with van der Waals surface area (Å²) in [6.45, 7) is 0.512. The van der Waals surface area contributed by atoms with E-state index in [1.165, 1.54) is 6.08 Å². The first kappa shape index (κ1) is 18.4. The zero-order valence-electron chi connectivity index (χ0n) is 14.4. The van der Waals surface area contributed by atoms with Crippen molar-refractivity contribution in [2.45, 2.75) is 30.9 Å². The van der Waals surface area contributed by atoms with Gasteiger partial charge in [-0.3, -0.25) is 0 Å². The van der Waals surface area contributed by atoms with Gasteiger partial charge in [0.15, 0.2) is 0 Å². The van der Waals surface area contributed by atoms with Gasteiger partial charge in [-0.15, -0.1) is 0 Å². The first-order valence-electron chi connectivity index (χ1n) is 8.43. The molecule has 0 unspecified atom stereocenters. The van der Waals surface area contributed by atoms with Crippen LogP contribution in [-0.2, 0) is 6.54 Å². The number of benzene rings is 2. The largest absolute Gasteiger partial charge is 0.497 e. The Bertz CT molecular complexity index is 729. The smallest absolute Gasteiger partial charge is 0.127 e. The number of hydrogen-bond acceptors (Lipinski definition) is 6. The van der Waals surface area contributed by atoms with Crippen molar-refractivity contribution in [3.63, 3.8) is 0 Å². The maximum atomic E-state index is 9.98. The second-order valence-electron chi connectivity index (χ2n) is 6.18. The van der Waals surface area contributed by atoms with Crippen LogP contribution in [-0.4, -0.2) is 46.8 Å². The molecule has 2 aromatic rings. The van der Waals surface area contributed by atoms with E-state index in [0.29, 0.717) is 6.54 Å². The molecule has 0 aliphatic heterocycles. The highest BCUT2D eigenvalue weighted by molar-refractivity contribution is 5.36. The fourth-order valence-electron chi connectivity index (χ4n) is 2.76. The maximum absolute atomic E-state index is 9.98. The Labute approximate surface area is 152 Å². The van der Waals surface area contributed by atoms with Crippen LogP contribution in [0.4, 0.5) is 0 Å². The third-order valence-corrected chi connectivity index (χ3v) is 4.34. The van der Waals surface area contributed by atoms with Gasteiger partial charge in [0, 0.05) is 6.54 Å². The van der Waals surface area contributed by atoms with Crippen LogP contribution in [0.2, 0.25) is 0 Å². The van der Waals surface area contributed by atoms with Crippen LogP contribution in [0.15, 0.2) is 60.7 Å². The highest BCUT2D eigenvalue weighted by atomic mass is 16.5. The molecule has 6 heteroatoms. The predicted octanol–water partition coefficient (Wildman–Crippen LogP) is 1.60. The summed E-state index contributed by atoms with van der Waals surface area (Å²) in [5, 5.41) is 32.3. The molecule has 138 valence electrons. The summed E-state index contributed by atoms with van der Waals surface area (Å²) in [5.41, 5.74) is 1.01. The van der Waals surface area contributed by atoms with Crippen molar-refractivity contribution in [2.24, 2.45) is 0 Å². The molecule has 0 amide bonds. The van der Waals surface area contributed by atoms with Gasteiger partial charge in [-0.25, -0.2) is 0 Å². The van der Waals surface area contributed by atoms with Gasteiger partial charge in [0.1, 0.15) is 35.6 Å². The van der Waals surface area contributed by atoms with Crippen LogP contribution in [0.1, 0.15) is 5.56 Å². The summed E-state index contributed by atoms with van der Waals surface area (Å²) in [5.74, 6) is 2.21. The minimum absolute atomic E-state index is 0.413. The third-order valence-electron chi connectivity index (χ3n) is 4.34. The number of ether oxygens (including phenoxy) is 2. The van der Waals surface area contributed by atoms with Gasteiger partial charge in [0.2, 0.25) is 0 Å². The minimum Gasteiger partial charge on any atom is -0.497 e. The Morgan fingerprint density at radius 2 is 1.38 bits per heavy atom. The van der Waals surface area contributed by atoms with E-state index in [4.69, 9.17) is 9.47 Å². The molecule has 6 nitrogen and oxygen atoms in total. The van der Waals surface area contributed by atoms with Gasteiger partial charge < -0.3 is 30.1 Å². The number of nitrogens with one attached hydrogen (secondary N) is 1. The predicted molar refractivity (Wildman–Crippen MR) is 97.3 cm³/mol. The molecule has 0 spiro atoms. The monoisotopic (exact) mass is 357 g/mol. The van der Waals surface area contributed by atoms with Crippen molar-refractivity contribution >= 4 is 0 Å². The van der Waals surface area contributed by atoms with Crippen LogP contribution >= 0.6 is 0 Å². The van der Waals surface area contributed by atoms with Crippen molar-refractivity contribution in [3.05, 3.63) is 66.2 Å². The van der Waals surface area contributed by atoms with E-state index in [1.807, 2.05) is 48.5 Å². The Balaban J connectivity index is 1.55. The lowest BCUT2D eigenvalue weighted by molar-refractivity contribution is -0.0567. The molecule has 1 aliphatic carbocycles. The summed E-state index contributed by atoms with van der Waals surface area (Å²) >= 11 is 0. The number of aliphatic hydroxyl groups is 3. The molecule has 26 heavy (non-hydrogen) atoms. The van der Waals surface area contributed by atoms with Crippen molar-refractivity contribution in [1.82, 2.24) is 5.32 Å². The van der Waals surface area contributed by atoms with E-state index in [9.17, 15) is 15.3 Å². The molecule has 0 saturated heterocycles. The Morgan fingerprint density at radius 3 is 2.00 bits per heavy atom. The third kappa shape index (κ3) is 4.42. The van der Waals surface area contributed by atoms with E-state index in [1.54, 1.807) is 13.2 Å². The quantitative estimate of drug-likeness (QED) is 0.587. The molecule has 0 radical (unpaired) electrons. The molecule has 4 atom stereocenters. The van der Waals surface area contributed by atoms with Crippen LogP contribution in [0.5, 0.6) is 17.2 Å². The second-order valence-corrected chi connectivity index (χ2v) is 6.18. The molecule has 0 fully saturated rings. The average molecular weight is 357 g/mol. The van der Waals surface area contributed by atoms with Gasteiger partial charge in [-0.05, 0) is 42.0 Å². The Hall–Kier alpha value is -2.38. The SMILES string of the molecule is COc1ccc(Oc2ccc(CN[C@@H]3C=C[C@@H](O)[C@H](O)[C@H]3O)cc2)cc1. The van der Waals surface area contributed by atoms with Crippen LogP contribution in [0.3, 0.4) is 0 Å². The summed E-state index contributed by atoms with van der Waals surface area (Å²) in [6.07, 6.45) is -0.104. The molecule has 3 rings (SSSR count). The summed E-state index contributed by atoms with van der Waals surface area (Å²) in [7, 11) is 1.62. The zero-order chi connectivity index (χ0) is 18.5. The van der Waals surface area contributed by atoms with Crippen LogP contribution < -0.4 is 14.8 Å². The molecule has 1 aliphatic rings. The summed E-state index contributed by atoms with van der Waals surface area (Å²) < 4.78 is 10.9. The summed E-state index contributed by atoms with van der Waals surface area (Å²) in [4.78, 5) is 0. The van der Waals surface area contributed by atoms with Crippen LogP contribution in [0, 0.1) is 0 Å². The van der Waals surface area contributed by atoms with Crippen molar-refractivity contribution in [1.29, 1.82) is 0 Å². The molecule has 0 aromatic heterocycles. The lowest BCUT2D eigenvalue weighted by Gasteiger charge is -2.31. The molecular formula is C20H23NO5. The number of methoxy groups -OCH3 is 1. The van der Waals surface area contributed by atoms with Crippen molar-refractivity contribution in [3.8, 4) is 17.2 Å². The van der Waals surface area contributed by atoms with Gasteiger partial charge in [-0.1, -0.05) is 24.3 Å². The Morgan fingerprint density at radius 1 is 0.808 bits per heavy atom. The number of hydrogen-bond donors (Lipinski definition) is 4. The van der Waals surface area contributed by atoms with Crippen molar-refractivity contribution in [2.75, 3.05) is 7.11 Å². The maximum Gasteiger partial charge on any atom is 0.127 e.